The van der Waals surface area contributed by atoms with Crippen LogP contribution in [0, 0.1) is 0 Å². The minimum atomic E-state index is -1.19. The van der Waals surface area contributed by atoms with Crippen molar-refractivity contribution in [1.82, 2.24) is 14.8 Å². The van der Waals surface area contributed by atoms with Gasteiger partial charge in [0, 0.05) is 5.02 Å². The van der Waals surface area contributed by atoms with Gasteiger partial charge >= 0.3 is 0 Å². The Kier molecular flexibility index (Phi) is 4.73. The van der Waals surface area contributed by atoms with Gasteiger partial charge in [-0.2, -0.15) is 5.10 Å². The molecule has 0 amide bonds. The van der Waals surface area contributed by atoms with E-state index in [1.54, 1.807) is 41.3 Å². The van der Waals surface area contributed by atoms with E-state index in [0.717, 1.165) is 0 Å². The standard InChI is InChI=1S/C22H15Cl2N3O3/c23-15-5-7-16(8-6-15)28-17-9-10-18(19(24)11-17)22(12-27-14-25-13-26-27)29-20-3-1-2-4-21(20)30-22/h1-11,13-14H,12H2. The van der Waals surface area contributed by atoms with E-state index in [9.17, 15) is 0 Å². The number of fused-ring (bicyclic) bond motifs is 1. The zero-order valence-electron chi connectivity index (χ0n) is 15.5. The van der Waals surface area contributed by atoms with E-state index >= 15 is 0 Å². The fraction of sp³-hybridized carbons (Fsp3) is 0.0909. The first-order valence-corrected chi connectivity index (χ1v) is 9.90. The molecule has 0 aliphatic carbocycles. The Morgan fingerprint density at radius 1 is 0.900 bits per heavy atom. The molecule has 0 unspecified atom stereocenters. The highest BCUT2D eigenvalue weighted by atomic mass is 35.5. The lowest BCUT2D eigenvalue weighted by Gasteiger charge is -2.29. The zero-order chi connectivity index (χ0) is 20.6. The monoisotopic (exact) mass is 439 g/mol. The van der Waals surface area contributed by atoms with E-state index in [1.165, 1.54) is 6.33 Å². The number of nitrogens with zero attached hydrogens (tertiary/aromatic N) is 3. The SMILES string of the molecule is Clc1ccc(Oc2ccc(C3(Cn4cncn4)Oc4ccccc4O3)c(Cl)c2)cc1. The Balaban J connectivity index is 1.49. The van der Waals surface area contributed by atoms with E-state index in [2.05, 4.69) is 10.1 Å². The van der Waals surface area contributed by atoms with Crippen molar-refractivity contribution in [3.05, 3.63) is 95.0 Å². The van der Waals surface area contributed by atoms with E-state index in [-0.39, 0.29) is 6.54 Å². The molecule has 3 aromatic carbocycles. The van der Waals surface area contributed by atoms with Gasteiger partial charge in [-0.05, 0) is 54.6 Å². The molecule has 0 spiro atoms. The molecule has 0 bridgehead atoms. The molecule has 4 aromatic rings. The molecule has 1 aliphatic heterocycles. The van der Waals surface area contributed by atoms with Crippen molar-refractivity contribution in [2.45, 2.75) is 12.3 Å². The zero-order valence-corrected chi connectivity index (χ0v) is 17.0. The van der Waals surface area contributed by atoms with Gasteiger partial charge in [0.05, 0.1) is 10.6 Å². The fourth-order valence-electron chi connectivity index (χ4n) is 3.29. The Labute approximate surface area is 182 Å². The largest absolute Gasteiger partial charge is 0.457 e. The van der Waals surface area contributed by atoms with Gasteiger partial charge in [-0.15, -0.1) is 0 Å². The highest BCUT2D eigenvalue weighted by Crippen LogP contribution is 2.47. The third-order valence-electron chi connectivity index (χ3n) is 4.64. The van der Waals surface area contributed by atoms with Crippen LogP contribution in [0.1, 0.15) is 5.56 Å². The van der Waals surface area contributed by atoms with Crippen molar-refractivity contribution in [3.63, 3.8) is 0 Å². The number of aromatic nitrogens is 3. The lowest BCUT2D eigenvalue weighted by atomic mass is 10.1. The second-order valence-corrected chi connectivity index (χ2v) is 7.54. The second kappa shape index (κ2) is 7.55. The van der Waals surface area contributed by atoms with Gasteiger partial charge in [0.15, 0.2) is 11.5 Å². The van der Waals surface area contributed by atoms with Crippen molar-refractivity contribution in [2.24, 2.45) is 0 Å². The van der Waals surface area contributed by atoms with Crippen LogP contribution >= 0.6 is 23.2 Å². The second-order valence-electron chi connectivity index (χ2n) is 6.69. The van der Waals surface area contributed by atoms with Crippen LogP contribution in [0.25, 0.3) is 0 Å². The van der Waals surface area contributed by atoms with Crippen LogP contribution in [-0.4, -0.2) is 14.8 Å². The maximum absolute atomic E-state index is 6.67. The summed E-state index contributed by atoms with van der Waals surface area (Å²) < 4.78 is 20.0. The van der Waals surface area contributed by atoms with E-state index < -0.39 is 5.79 Å². The summed E-state index contributed by atoms with van der Waals surface area (Å²) in [6, 6.07) is 19.9. The molecule has 1 aromatic heterocycles. The molecule has 0 radical (unpaired) electrons. The average Bonchev–Trinajstić information content (AvgIpc) is 3.37. The number of hydrogen-bond donors (Lipinski definition) is 0. The molecule has 5 rings (SSSR count). The minimum absolute atomic E-state index is 0.263. The number of para-hydroxylation sites is 2. The number of hydrogen-bond acceptors (Lipinski definition) is 5. The molecule has 8 heteroatoms. The molecule has 0 N–H and O–H groups in total. The van der Waals surface area contributed by atoms with Crippen molar-refractivity contribution in [1.29, 1.82) is 0 Å². The summed E-state index contributed by atoms with van der Waals surface area (Å²) in [6.07, 6.45) is 3.06. The van der Waals surface area contributed by atoms with E-state index in [1.807, 2.05) is 36.4 Å². The molecular formula is C22H15Cl2N3O3. The van der Waals surface area contributed by atoms with Crippen molar-refractivity contribution in [2.75, 3.05) is 0 Å². The van der Waals surface area contributed by atoms with Crippen molar-refractivity contribution >= 4 is 23.2 Å². The average molecular weight is 440 g/mol. The van der Waals surface area contributed by atoms with Gasteiger partial charge in [0.25, 0.3) is 5.79 Å². The predicted molar refractivity (Wildman–Crippen MR) is 112 cm³/mol. The van der Waals surface area contributed by atoms with Crippen LogP contribution in [0.2, 0.25) is 10.0 Å². The molecule has 0 saturated heterocycles. The van der Waals surface area contributed by atoms with Crippen LogP contribution in [0.3, 0.4) is 0 Å². The summed E-state index contributed by atoms with van der Waals surface area (Å²) in [5.41, 5.74) is 0.652. The third-order valence-corrected chi connectivity index (χ3v) is 5.20. The quantitative estimate of drug-likeness (QED) is 0.399. The van der Waals surface area contributed by atoms with Crippen LogP contribution in [0.5, 0.6) is 23.0 Å². The Hall–Kier alpha value is -3.22. The lowest BCUT2D eigenvalue weighted by Crippen LogP contribution is -2.40. The van der Waals surface area contributed by atoms with Crippen LogP contribution in [0.4, 0.5) is 0 Å². The Morgan fingerprint density at radius 2 is 1.60 bits per heavy atom. The van der Waals surface area contributed by atoms with Gasteiger partial charge in [-0.25, -0.2) is 9.67 Å². The first kappa shape index (κ1) is 18.8. The minimum Gasteiger partial charge on any atom is -0.457 e. The number of rotatable bonds is 5. The molecule has 150 valence electrons. The normalized spacial score (nSPS) is 13.9. The Bertz CT molecular complexity index is 1150. The molecule has 0 atom stereocenters. The smallest absolute Gasteiger partial charge is 0.299 e. The molecule has 2 heterocycles. The van der Waals surface area contributed by atoms with Gasteiger partial charge in [0.2, 0.25) is 0 Å². The summed E-state index contributed by atoms with van der Waals surface area (Å²) in [6.45, 7) is 0.263. The van der Waals surface area contributed by atoms with Crippen molar-refractivity contribution < 1.29 is 14.2 Å². The first-order valence-electron chi connectivity index (χ1n) is 9.14. The molecule has 30 heavy (non-hydrogen) atoms. The van der Waals surface area contributed by atoms with Crippen LogP contribution < -0.4 is 14.2 Å². The van der Waals surface area contributed by atoms with E-state index in [0.29, 0.717) is 38.6 Å². The highest BCUT2D eigenvalue weighted by Gasteiger charge is 2.45. The third kappa shape index (κ3) is 3.56. The lowest BCUT2D eigenvalue weighted by molar-refractivity contribution is -0.102. The Morgan fingerprint density at radius 3 is 2.23 bits per heavy atom. The number of ether oxygens (including phenoxy) is 3. The molecule has 6 nitrogen and oxygen atoms in total. The molecular weight excluding hydrogens is 425 g/mol. The summed E-state index contributed by atoms with van der Waals surface area (Å²) >= 11 is 12.6. The van der Waals surface area contributed by atoms with Gasteiger partial charge in [0.1, 0.15) is 30.7 Å². The maximum Gasteiger partial charge on any atom is 0.299 e. The summed E-state index contributed by atoms with van der Waals surface area (Å²) in [4.78, 5) is 4.01. The fourth-order valence-corrected chi connectivity index (χ4v) is 3.73. The van der Waals surface area contributed by atoms with E-state index in [4.69, 9.17) is 37.4 Å². The molecule has 0 saturated carbocycles. The number of halogens is 2. The first-order chi connectivity index (χ1) is 14.6. The van der Waals surface area contributed by atoms with Crippen molar-refractivity contribution in [3.8, 4) is 23.0 Å². The van der Waals surface area contributed by atoms with Gasteiger partial charge in [-0.3, -0.25) is 0 Å². The molecule has 0 fully saturated rings. The van der Waals surface area contributed by atoms with Crippen LogP contribution in [0.15, 0.2) is 79.4 Å². The molecule has 1 aliphatic rings. The predicted octanol–water partition coefficient (Wildman–Crippen LogP) is 5.70. The maximum atomic E-state index is 6.67. The van der Waals surface area contributed by atoms with Gasteiger partial charge < -0.3 is 14.2 Å². The summed E-state index contributed by atoms with van der Waals surface area (Å²) in [5.74, 6) is 1.32. The van der Waals surface area contributed by atoms with Crippen LogP contribution in [-0.2, 0) is 12.3 Å². The topological polar surface area (TPSA) is 58.4 Å². The summed E-state index contributed by atoms with van der Waals surface area (Å²) in [7, 11) is 0. The summed E-state index contributed by atoms with van der Waals surface area (Å²) in [5, 5.41) is 5.27. The van der Waals surface area contributed by atoms with Gasteiger partial charge in [-0.1, -0.05) is 35.3 Å². The highest BCUT2D eigenvalue weighted by molar-refractivity contribution is 6.31. The number of benzene rings is 3.